The molecular formula is C17H19F2NO2. The number of ether oxygens (including phenoxy) is 1. The third-order valence-electron chi connectivity index (χ3n) is 3.54. The molecule has 2 aromatic carbocycles. The van der Waals surface area contributed by atoms with E-state index in [1.54, 1.807) is 31.4 Å². The second-order valence-corrected chi connectivity index (χ2v) is 5.10. The SMILES string of the molecule is COc1cccc(C(O)CNC(C)c2ccc(F)c(F)c2)c1. The molecule has 2 N–H and O–H groups in total. The van der Waals surface area contributed by atoms with E-state index in [1.165, 1.54) is 6.07 Å². The molecule has 0 heterocycles. The van der Waals surface area contributed by atoms with Crippen molar-refractivity contribution in [3.63, 3.8) is 0 Å². The lowest BCUT2D eigenvalue weighted by Crippen LogP contribution is -2.24. The summed E-state index contributed by atoms with van der Waals surface area (Å²) in [6.45, 7) is 2.11. The monoisotopic (exact) mass is 307 g/mol. The summed E-state index contributed by atoms with van der Waals surface area (Å²) < 4.78 is 31.3. The number of benzene rings is 2. The van der Waals surface area contributed by atoms with Crippen LogP contribution in [0.1, 0.15) is 30.2 Å². The molecule has 0 bridgehead atoms. The van der Waals surface area contributed by atoms with Crippen LogP contribution in [-0.2, 0) is 0 Å². The van der Waals surface area contributed by atoms with Crippen LogP contribution < -0.4 is 10.1 Å². The molecule has 0 aliphatic heterocycles. The van der Waals surface area contributed by atoms with Crippen LogP contribution in [0.15, 0.2) is 42.5 Å². The van der Waals surface area contributed by atoms with E-state index in [9.17, 15) is 13.9 Å². The van der Waals surface area contributed by atoms with Crippen LogP contribution in [0.3, 0.4) is 0 Å². The van der Waals surface area contributed by atoms with Gasteiger partial charge in [0.25, 0.3) is 0 Å². The van der Waals surface area contributed by atoms with Crippen LogP contribution in [0.5, 0.6) is 5.75 Å². The molecule has 0 fully saturated rings. The molecule has 0 aromatic heterocycles. The average molecular weight is 307 g/mol. The first kappa shape index (κ1) is 16.4. The lowest BCUT2D eigenvalue weighted by Gasteiger charge is -2.18. The van der Waals surface area contributed by atoms with Gasteiger partial charge >= 0.3 is 0 Å². The molecule has 0 spiro atoms. The van der Waals surface area contributed by atoms with Gasteiger partial charge in [0.1, 0.15) is 5.75 Å². The van der Waals surface area contributed by atoms with E-state index in [-0.39, 0.29) is 12.6 Å². The summed E-state index contributed by atoms with van der Waals surface area (Å²) in [6.07, 6.45) is -0.720. The fourth-order valence-electron chi connectivity index (χ4n) is 2.15. The number of methoxy groups -OCH3 is 1. The smallest absolute Gasteiger partial charge is 0.159 e. The van der Waals surface area contributed by atoms with Crippen molar-refractivity contribution >= 4 is 0 Å². The second-order valence-electron chi connectivity index (χ2n) is 5.10. The van der Waals surface area contributed by atoms with Gasteiger partial charge in [0.15, 0.2) is 11.6 Å². The van der Waals surface area contributed by atoms with Crippen molar-refractivity contribution in [1.82, 2.24) is 5.32 Å². The van der Waals surface area contributed by atoms with Crippen LogP contribution in [-0.4, -0.2) is 18.8 Å². The summed E-state index contributed by atoms with van der Waals surface area (Å²) in [5.41, 5.74) is 1.35. The molecule has 2 rings (SSSR count). The maximum atomic E-state index is 13.2. The van der Waals surface area contributed by atoms with Gasteiger partial charge in [0.2, 0.25) is 0 Å². The Kier molecular flexibility index (Phi) is 5.46. The van der Waals surface area contributed by atoms with E-state index in [0.717, 1.165) is 17.7 Å². The summed E-state index contributed by atoms with van der Waals surface area (Å²) in [5, 5.41) is 13.3. The number of rotatable bonds is 6. The number of aliphatic hydroxyl groups is 1. The zero-order valence-electron chi connectivity index (χ0n) is 12.5. The van der Waals surface area contributed by atoms with E-state index < -0.39 is 17.7 Å². The second kappa shape index (κ2) is 7.33. The van der Waals surface area contributed by atoms with Crippen LogP contribution >= 0.6 is 0 Å². The molecule has 0 saturated heterocycles. The van der Waals surface area contributed by atoms with Crippen molar-refractivity contribution in [2.45, 2.75) is 19.1 Å². The highest BCUT2D eigenvalue weighted by molar-refractivity contribution is 5.30. The van der Waals surface area contributed by atoms with Crippen LogP contribution in [0.25, 0.3) is 0 Å². The van der Waals surface area contributed by atoms with Crippen molar-refractivity contribution in [3.8, 4) is 5.75 Å². The highest BCUT2D eigenvalue weighted by Crippen LogP contribution is 2.20. The average Bonchev–Trinajstić information content (AvgIpc) is 2.54. The summed E-state index contributed by atoms with van der Waals surface area (Å²) >= 11 is 0. The van der Waals surface area contributed by atoms with Gasteiger partial charge in [0, 0.05) is 12.6 Å². The quantitative estimate of drug-likeness (QED) is 0.860. The Labute approximate surface area is 128 Å². The zero-order valence-corrected chi connectivity index (χ0v) is 12.5. The standard InChI is InChI=1S/C17H19F2NO2/c1-11(12-6-7-15(18)16(19)9-12)20-10-17(21)13-4-3-5-14(8-13)22-2/h3-9,11,17,20-21H,10H2,1-2H3. The predicted octanol–water partition coefficient (Wildman–Crippen LogP) is 3.36. The molecule has 2 atom stereocenters. The molecular weight excluding hydrogens is 288 g/mol. The van der Waals surface area contributed by atoms with Gasteiger partial charge in [-0.2, -0.15) is 0 Å². The highest BCUT2D eigenvalue weighted by atomic mass is 19.2. The lowest BCUT2D eigenvalue weighted by atomic mass is 10.1. The molecule has 0 radical (unpaired) electrons. The summed E-state index contributed by atoms with van der Waals surface area (Å²) in [7, 11) is 1.56. The minimum Gasteiger partial charge on any atom is -0.497 e. The van der Waals surface area contributed by atoms with Gasteiger partial charge < -0.3 is 15.2 Å². The fraction of sp³-hybridized carbons (Fsp3) is 0.294. The van der Waals surface area contributed by atoms with Crippen LogP contribution in [0, 0.1) is 11.6 Å². The van der Waals surface area contributed by atoms with Crippen molar-refractivity contribution in [2.75, 3.05) is 13.7 Å². The summed E-state index contributed by atoms with van der Waals surface area (Å²) in [5.74, 6) is -1.07. The molecule has 0 aliphatic carbocycles. The van der Waals surface area contributed by atoms with Crippen molar-refractivity contribution in [2.24, 2.45) is 0 Å². The first-order chi connectivity index (χ1) is 10.5. The van der Waals surface area contributed by atoms with Gasteiger partial charge in [-0.05, 0) is 42.3 Å². The Morgan fingerprint density at radius 3 is 2.55 bits per heavy atom. The maximum absolute atomic E-state index is 13.2. The Balaban J connectivity index is 1.97. The van der Waals surface area contributed by atoms with E-state index in [1.807, 2.05) is 6.92 Å². The number of halogens is 2. The van der Waals surface area contributed by atoms with Crippen molar-refractivity contribution < 1.29 is 18.6 Å². The number of hydrogen-bond acceptors (Lipinski definition) is 3. The topological polar surface area (TPSA) is 41.5 Å². The Hall–Kier alpha value is -1.98. The molecule has 5 heteroatoms. The van der Waals surface area contributed by atoms with Gasteiger partial charge in [-0.1, -0.05) is 18.2 Å². The Morgan fingerprint density at radius 2 is 1.86 bits per heavy atom. The third-order valence-corrected chi connectivity index (χ3v) is 3.54. The van der Waals surface area contributed by atoms with E-state index >= 15 is 0 Å². The van der Waals surface area contributed by atoms with Crippen molar-refractivity contribution in [3.05, 3.63) is 65.2 Å². The molecule has 2 aromatic rings. The van der Waals surface area contributed by atoms with Gasteiger partial charge in [-0.3, -0.25) is 0 Å². The minimum absolute atomic E-state index is 0.213. The van der Waals surface area contributed by atoms with Crippen molar-refractivity contribution in [1.29, 1.82) is 0 Å². The lowest BCUT2D eigenvalue weighted by molar-refractivity contribution is 0.170. The maximum Gasteiger partial charge on any atom is 0.159 e. The van der Waals surface area contributed by atoms with Gasteiger partial charge in [-0.25, -0.2) is 8.78 Å². The first-order valence-corrected chi connectivity index (χ1v) is 7.01. The third kappa shape index (κ3) is 4.02. The van der Waals surface area contributed by atoms with Gasteiger partial charge in [0.05, 0.1) is 13.2 Å². The zero-order chi connectivity index (χ0) is 16.1. The fourth-order valence-corrected chi connectivity index (χ4v) is 2.15. The van der Waals surface area contributed by atoms with E-state index in [4.69, 9.17) is 4.74 Å². The normalized spacial score (nSPS) is 13.7. The molecule has 0 aliphatic rings. The number of aliphatic hydroxyl groups excluding tert-OH is 1. The molecule has 3 nitrogen and oxygen atoms in total. The summed E-state index contributed by atoms with van der Waals surface area (Å²) in [6, 6.07) is 10.7. The highest BCUT2D eigenvalue weighted by Gasteiger charge is 2.13. The molecule has 2 unspecified atom stereocenters. The Bertz CT molecular complexity index is 634. The Morgan fingerprint density at radius 1 is 1.09 bits per heavy atom. The van der Waals surface area contributed by atoms with E-state index in [0.29, 0.717) is 11.3 Å². The molecule has 22 heavy (non-hydrogen) atoms. The number of nitrogens with one attached hydrogen (secondary N) is 1. The van der Waals surface area contributed by atoms with Crippen LogP contribution in [0.2, 0.25) is 0 Å². The summed E-state index contributed by atoms with van der Waals surface area (Å²) in [4.78, 5) is 0. The predicted molar refractivity (Wildman–Crippen MR) is 80.7 cm³/mol. The largest absolute Gasteiger partial charge is 0.497 e. The van der Waals surface area contributed by atoms with Crippen LogP contribution in [0.4, 0.5) is 8.78 Å². The molecule has 118 valence electrons. The molecule has 0 saturated carbocycles. The van der Waals surface area contributed by atoms with E-state index in [2.05, 4.69) is 5.32 Å². The van der Waals surface area contributed by atoms with Gasteiger partial charge in [-0.15, -0.1) is 0 Å². The number of hydrogen-bond donors (Lipinski definition) is 2. The minimum atomic E-state index is -0.875. The molecule has 0 amide bonds. The first-order valence-electron chi connectivity index (χ1n) is 7.01.